The summed E-state index contributed by atoms with van der Waals surface area (Å²) >= 11 is 0. The topological polar surface area (TPSA) is 46.5 Å². The molecule has 0 amide bonds. The molecule has 0 aromatic carbocycles. The van der Waals surface area contributed by atoms with Crippen LogP contribution in [-0.2, 0) is 9.09 Å². The van der Waals surface area contributed by atoms with E-state index in [1.165, 1.54) is 116 Å². The molecule has 0 spiro atoms. The second-order valence-electron chi connectivity index (χ2n) is 11.5. The minimum atomic E-state index is -3.55. The maximum Gasteiger partial charge on any atom is 0.385 e. The highest BCUT2D eigenvalue weighted by Crippen LogP contribution is 2.51. The third kappa shape index (κ3) is 21.6. The van der Waals surface area contributed by atoms with Crippen molar-refractivity contribution in [3.05, 3.63) is 12.2 Å². The van der Waals surface area contributed by atoms with Crippen LogP contribution in [0, 0.1) is 0 Å². The highest BCUT2D eigenvalue weighted by atomic mass is 31.2. The van der Waals surface area contributed by atoms with E-state index in [9.17, 15) is 9.46 Å². The van der Waals surface area contributed by atoms with E-state index in [2.05, 4.69) is 19.1 Å². The molecular weight excluding hydrogens is 453 g/mol. The predicted octanol–water partition coefficient (Wildman–Crippen LogP) is 10.0. The van der Waals surface area contributed by atoms with Crippen LogP contribution in [0.25, 0.3) is 0 Å². The van der Waals surface area contributed by atoms with Crippen LogP contribution in [0.5, 0.6) is 0 Å². The molecule has 0 bridgehead atoms. The van der Waals surface area contributed by atoms with E-state index in [0.717, 1.165) is 12.8 Å². The molecule has 0 fully saturated rings. The second-order valence-corrected chi connectivity index (χ2v) is 13.4. The first-order valence-corrected chi connectivity index (χ1v) is 16.8. The maximum absolute atomic E-state index is 12.5. The lowest BCUT2D eigenvalue weighted by Gasteiger charge is -2.35. The molecule has 0 saturated carbocycles. The molecule has 0 saturated heterocycles. The van der Waals surface area contributed by atoms with Crippen molar-refractivity contribution in [3.63, 3.8) is 0 Å². The van der Waals surface area contributed by atoms with Crippen molar-refractivity contribution in [2.75, 3.05) is 27.7 Å². The molecule has 2 atom stereocenters. The van der Waals surface area contributed by atoms with Gasteiger partial charge in [0.05, 0.1) is 27.7 Å². The fourth-order valence-electron chi connectivity index (χ4n) is 4.91. The van der Waals surface area contributed by atoms with Gasteiger partial charge < -0.3 is 13.9 Å². The highest BCUT2D eigenvalue weighted by Gasteiger charge is 2.41. The molecule has 0 aliphatic rings. The molecule has 210 valence electrons. The van der Waals surface area contributed by atoms with Gasteiger partial charge in [0.25, 0.3) is 0 Å². The third-order valence-corrected chi connectivity index (χ3v) is 9.43. The van der Waals surface area contributed by atoms with Gasteiger partial charge in [-0.25, -0.2) is 0 Å². The Morgan fingerprint density at radius 2 is 1.03 bits per heavy atom. The zero-order valence-corrected chi connectivity index (χ0v) is 25.3. The molecule has 4 nitrogen and oxygen atoms in total. The van der Waals surface area contributed by atoms with Crippen molar-refractivity contribution < 1.29 is 18.5 Å². The van der Waals surface area contributed by atoms with Gasteiger partial charge >= 0.3 is 7.60 Å². The van der Waals surface area contributed by atoms with E-state index in [0.29, 0.717) is 17.5 Å². The van der Waals surface area contributed by atoms with Gasteiger partial charge in [-0.3, -0.25) is 4.57 Å². The molecule has 2 unspecified atom stereocenters. The summed E-state index contributed by atoms with van der Waals surface area (Å²) in [6.07, 6.45) is 31.8. The van der Waals surface area contributed by atoms with Crippen LogP contribution in [0.1, 0.15) is 149 Å². The van der Waals surface area contributed by atoms with Crippen molar-refractivity contribution in [2.24, 2.45) is 0 Å². The van der Waals surface area contributed by atoms with Gasteiger partial charge in [-0.2, -0.15) is 0 Å². The van der Waals surface area contributed by atoms with Gasteiger partial charge in [-0.05, 0) is 32.1 Å². The fourth-order valence-corrected chi connectivity index (χ4v) is 6.81. The second kappa shape index (κ2) is 23.0. The lowest BCUT2D eigenvalue weighted by Crippen LogP contribution is -2.44. The van der Waals surface area contributed by atoms with E-state index in [1.807, 2.05) is 28.1 Å². The van der Waals surface area contributed by atoms with Gasteiger partial charge in [-0.15, -0.1) is 0 Å². The van der Waals surface area contributed by atoms with Crippen LogP contribution in [-0.4, -0.2) is 42.9 Å². The molecule has 0 heterocycles. The molecule has 0 rings (SSSR count). The quantitative estimate of drug-likeness (QED) is 0.0538. The zero-order valence-electron chi connectivity index (χ0n) is 24.4. The Balaban J connectivity index is 3.39. The summed E-state index contributed by atoms with van der Waals surface area (Å²) in [7, 11) is 2.31. The van der Waals surface area contributed by atoms with Crippen LogP contribution in [0.4, 0.5) is 0 Å². The van der Waals surface area contributed by atoms with Crippen molar-refractivity contribution in [1.82, 2.24) is 0 Å². The number of hydrogen-bond donors (Lipinski definition) is 1. The number of nitrogens with zero attached hydrogens (tertiary/aromatic N) is 1. The number of unbranched alkanes of at least 4 members (excludes halogenated alkanes) is 18. The molecule has 5 heteroatoms. The molecule has 0 aromatic heterocycles. The summed E-state index contributed by atoms with van der Waals surface area (Å²) < 4.78 is 18.4. The molecular formula is C30H63NO3P+. The minimum Gasteiger partial charge on any atom is -0.320 e. The first-order valence-electron chi connectivity index (χ1n) is 15.2. The molecule has 0 aromatic rings. The zero-order chi connectivity index (χ0) is 26.3. The Morgan fingerprint density at radius 1 is 0.657 bits per heavy atom. The number of rotatable bonds is 26. The average Bonchev–Trinajstić information content (AvgIpc) is 2.78. The van der Waals surface area contributed by atoms with Crippen LogP contribution in [0.15, 0.2) is 12.2 Å². The molecule has 0 aliphatic carbocycles. The maximum atomic E-state index is 12.5. The standard InChI is InChI=1S/C30H62NO3P/c1-6-8-9-10-11-12-13-14-15-16-17-18-19-20-21-22-23-24-25-26-27-28-29-34-35(32,33)30(7-2)31(3,4)5/h17-18,30H,6-16,19-29H2,1-5H3/p+1. The minimum absolute atomic E-state index is 0.349. The van der Waals surface area contributed by atoms with Crippen molar-refractivity contribution >= 4 is 7.60 Å². The van der Waals surface area contributed by atoms with Gasteiger partial charge in [0.1, 0.15) is 0 Å². The Morgan fingerprint density at radius 3 is 1.40 bits per heavy atom. The van der Waals surface area contributed by atoms with E-state index in [4.69, 9.17) is 4.52 Å². The van der Waals surface area contributed by atoms with Gasteiger partial charge in [0.2, 0.25) is 0 Å². The lowest BCUT2D eigenvalue weighted by molar-refractivity contribution is -0.883. The summed E-state index contributed by atoms with van der Waals surface area (Å²) in [5.41, 5.74) is 0. The highest BCUT2D eigenvalue weighted by molar-refractivity contribution is 7.53. The summed E-state index contributed by atoms with van der Waals surface area (Å²) in [5.74, 6) is -0.349. The van der Waals surface area contributed by atoms with E-state index < -0.39 is 7.60 Å². The van der Waals surface area contributed by atoms with Crippen molar-refractivity contribution in [2.45, 2.75) is 154 Å². The first-order chi connectivity index (χ1) is 16.8. The fraction of sp³-hybridized carbons (Fsp3) is 0.933. The number of allylic oxidation sites excluding steroid dienone is 2. The van der Waals surface area contributed by atoms with Crippen molar-refractivity contribution in [3.8, 4) is 0 Å². The smallest absolute Gasteiger partial charge is 0.320 e. The average molecular weight is 517 g/mol. The third-order valence-electron chi connectivity index (χ3n) is 7.07. The Bertz CT molecular complexity index is 530. The van der Waals surface area contributed by atoms with Gasteiger partial charge in [0, 0.05) is 6.42 Å². The van der Waals surface area contributed by atoms with Crippen LogP contribution in [0.3, 0.4) is 0 Å². The van der Waals surface area contributed by atoms with E-state index >= 15 is 0 Å². The number of quaternary nitrogens is 1. The SMILES string of the molecule is CCCCCCCCCCCC=CCCCCCCCCCCCOP(=O)(O)C(CC)[N+](C)(C)C. The normalized spacial score (nSPS) is 15.0. The van der Waals surface area contributed by atoms with Gasteiger partial charge in [-0.1, -0.05) is 122 Å². The molecule has 0 radical (unpaired) electrons. The van der Waals surface area contributed by atoms with Gasteiger partial charge in [0.15, 0.2) is 5.78 Å². The van der Waals surface area contributed by atoms with E-state index in [1.54, 1.807) is 0 Å². The summed E-state index contributed by atoms with van der Waals surface area (Å²) in [4.78, 5) is 10.3. The Labute approximate surface area is 220 Å². The summed E-state index contributed by atoms with van der Waals surface area (Å²) in [6.45, 7) is 4.64. The summed E-state index contributed by atoms with van der Waals surface area (Å²) in [6, 6.07) is 0. The molecule has 35 heavy (non-hydrogen) atoms. The van der Waals surface area contributed by atoms with Crippen LogP contribution in [0.2, 0.25) is 0 Å². The molecule has 1 N–H and O–H groups in total. The largest absolute Gasteiger partial charge is 0.385 e. The first kappa shape index (κ1) is 34.9. The lowest BCUT2D eigenvalue weighted by atomic mass is 10.1. The Hall–Kier alpha value is -0.150. The number of hydrogen-bond acceptors (Lipinski definition) is 2. The van der Waals surface area contributed by atoms with Crippen LogP contribution >= 0.6 is 7.60 Å². The Kier molecular flexibility index (Phi) is 22.9. The molecule has 0 aliphatic heterocycles. The van der Waals surface area contributed by atoms with E-state index in [-0.39, 0.29) is 5.78 Å². The summed E-state index contributed by atoms with van der Waals surface area (Å²) in [5, 5.41) is 0. The van der Waals surface area contributed by atoms with Crippen LogP contribution < -0.4 is 0 Å². The predicted molar refractivity (Wildman–Crippen MR) is 155 cm³/mol. The monoisotopic (exact) mass is 516 g/mol. The van der Waals surface area contributed by atoms with Crippen molar-refractivity contribution in [1.29, 1.82) is 0 Å².